The zero-order chi connectivity index (χ0) is 33.2. The molecule has 0 saturated heterocycles. The van der Waals surface area contributed by atoms with Crippen LogP contribution in [0, 0.1) is 0 Å². The quantitative estimate of drug-likeness (QED) is 0.127. The highest BCUT2D eigenvalue weighted by molar-refractivity contribution is 6.35. The zero-order valence-electron chi connectivity index (χ0n) is 22.3. The Labute approximate surface area is 269 Å². The molecule has 2 N–H and O–H groups in total. The number of ether oxygens (including phenoxy) is 1. The van der Waals surface area contributed by atoms with Crippen LogP contribution in [0.2, 0.25) is 20.1 Å². The third kappa shape index (κ3) is 8.36. The number of aromatic nitrogens is 6. The van der Waals surface area contributed by atoms with Gasteiger partial charge in [-0.25, -0.2) is 14.7 Å². The van der Waals surface area contributed by atoms with Crippen LogP contribution in [0.3, 0.4) is 0 Å². The SMILES string of the molecule is FC(F)(C[C@H](Cc1ncn[nH]1)c1ccc(Cl)cc1Cl)C(F)(F)OC(F)(F)C(F)(F)C[C@H](Cc1ncn[nH]1)c1ccc(Cl)cc1Cl. The van der Waals surface area contributed by atoms with E-state index in [-0.39, 0.29) is 42.9 Å². The Balaban J connectivity index is 1.59. The summed E-state index contributed by atoms with van der Waals surface area (Å²) in [6.45, 7) is 0. The summed E-state index contributed by atoms with van der Waals surface area (Å²) in [5, 5.41) is 11.6. The first-order chi connectivity index (χ1) is 20.9. The third-order valence-electron chi connectivity index (χ3n) is 6.73. The first-order valence-corrected chi connectivity index (χ1v) is 14.2. The number of nitrogens with zero attached hydrogens (tertiary/aromatic N) is 4. The lowest BCUT2D eigenvalue weighted by Crippen LogP contribution is -2.54. The van der Waals surface area contributed by atoms with E-state index in [1.807, 2.05) is 0 Å². The minimum atomic E-state index is -6.10. The predicted octanol–water partition coefficient (Wildman–Crippen LogP) is 9.14. The standard InChI is InChI=1S/C26H20Cl4F8N6O/c27-15-1-3-17(19(29)7-15)13(5-21-39-11-41-43-21)9-23(31,32)25(35,36)45-26(37,38)24(33,34)10-14(6-22-40-12-42-44-22)18-4-2-16(28)8-20(18)30/h1-4,7-8,11-14H,5-6,9-10H2,(H,39,41,43)(H,40,42,44)/t13-,14-/m0/s1. The molecule has 2 aromatic heterocycles. The molecule has 0 aliphatic heterocycles. The Bertz CT molecular complexity index is 1460. The summed E-state index contributed by atoms with van der Waals surface area (Å²) in [4.78, 5) is 7.51. The topological polar surface area (TPSA) is 92.4 Å². The van der Waals surface area contributed by atoms with Crippen LogP contribution in [-0.2, 0) is 17.6 Å². The van der Waals surface area contributed by atoms with Gasteiger partial charge in [-0.1, -0.05) is 58.5 Å². The van der Waals surface area contributed by atoms with E-state index < -0.39 is 61.6 Å². The van der Waals surface area contributed by atoms with Gasteiger partial charge in [0.2, 0.25) is 0 Å². The van der Waals surface area contributed by atoms with Crippen LogP contribution in [0.5, 0.6) is 0 Å². The highest BCUT2D eigenvalue weighted by Gasteiger charge is 2.69. The predicted molar refractivity (Wildman–Crippen MR) is 149 cm³/mol. The van der Waals surface area contributed by atoms with E-state index in [4.69, 9.17) is 46.4 Å². The molecule has 2 aromatic carbocycles. The molecule has 7 nitrogen and oxygen atoms in total. The molecule has 4 aromatic rings. The van der Waals surface area contributed by atoms with Crippen LogP contribution < -0.4 is 0 Å². The Morgan fingerprint density at radius 1 is 0.622 bits per heavy atom. The lowest BCUT2D eigenvalue weighted by molar-refractivity contribution is -0.469. The highest BCUT2D eigenvalue weighted by Crippen LogP contribution is 2.51. The Hall–Kier alpha value is -2.72. The number of benzene rings is 2. The molecular formula is C26H20Cl4F8N6O. The molecule has 4 rings (SSSR count). The summed E-state index contributed by atoms with van der Waals surface area (Å²) in [5.74, 6) is -14.2. The van der Waals surface area contributed by atoms with Gasteiger partial charge in [-0.3, -0.25) is 10.2 Å². The molecule has 19 heteroatoms. The van der Waals surface area contributed by atoms with Crippen molar-refractivity contribution in [2.24, 2.45) is 0 Å². The van der Waals surface area contributed by atoms with E-state index >= 15 is 17.6 Å². The van der Waals surface area contributed by atoms with Crippen LogP contribution in [0.4, 0.5) is 35.1 Å². The number of hydrogen-bond donors (Lipinski definition) is 2. The van der Waals surface area contributed by atoms with E-state index in [0.29, 0.717) is 0 Å². The van der Waals surface area contributed by atoms with Gasteiger partial charge in [-0.15, -0.1) is 0 Å². The molecule has 45 heavy (non-hydrogen) atoms. The Morgan fingerprint density at radius 3 is 1.31 bits per heavy atom. The lowest BCUT2D eigenvalue weighted by atomic mass is 9.88. The first-order valence-electron chi connectivity index (χ1n) is 12.7. The third-order valence-corrected chi connectivity index (χ3v) is 7.85. The van der Waals surface area contributed by atoms with Gasteiger partial charge in [-0.2, -0.15) is 45.3 Å². The molecule has 244 valence electrons. The van der Waals surface area contributed by atoms with Gasteiger partial charge in [0, 0.05) is 45.8 Å². The van der Waals surface area contributed by atoms with Crippen molar-refractivity contribution in [3.05, 3.63) is 91.9 Å². The summed E-state index contributed by atoms with van der Waals surface area (Å²) in [6.07, 6.45) is -14.9. The van der Waals surface area contributed by atoms with Crippen molar-refractivity contribution in [2.75, 3.05) is 0 Å². The van der Waals surface area contributed by atoms with E-state index in [0.717, 1.165) is 24.8 Å². The van der Waals surface area contributed by atoms with E-state index in [2.05, 4.69) is 35.1 Å². The lowest BCUT2D eigenvalue weighted by Gasteiger charge is -2.35. The Kier molecular flexibility index (Phi) is 10.6. The van der Waals surface area contributed by atoms with Gasteiger partial charge in [0.05, 0.1) is 0 Å². The van der Waals surface area contributed by atoms with E-state index in [1.165, 1.54) is 24.3 Å². The van der Waals surface area contributed by atoms with Crippen LogP contribution in [0.1, 0.15) is 47.5 Å². The number of nitrogens with one attached hydrogen (secondary N) is 2. The first kappa shape index (κ1) is 35.1. The maximum atomic E-state index is 15.1. The second-order valence-electron chi connectivity index (χ2n) is 9.95. The highest BCUT2D eigenvalue weighted by atomic mass is 35.5. The van der Waals surface area contributed by atoms with Gasteiger partial charge < -0.3 is 0 Å². The molecule has 0 aliphatic carbocycles. The van der Waals surface area contributed by atoms with Crippen molar-refractivity contribution in [1.29, 1.82) is 0 Å². The summed E-state index contributed by atoms with van der Waals surface area (Å²) in [6, 6.07) is 7.10. The molecular weight excluding hydrogens is 706 g/mol. The number of rotatable bonds is 14. The van der Waals surface area contributed by atoms with E-state index in [1.54, 1.807) is 0 Å². The molecule has 2 atom stereocenters. The smallest absolute Gasteiger partial charge is 0.263 e. The molecule has 0 aliphatic rings. The van der Waals surface area contributed by atoms with Gasteiger partial charge in [0.1, 0.15) is 24.3 Å². The van der Waals surface area contributed by atoms with Crippen LogP contribution in [-0.4, -0.2) is 54.4 Å². The second kappa shape index (κ2) is 13.6. The Morgan fingerprint density at radius 2 is 1.00 bits per heavy atom. The molecule has 0 saturated carbocycles. The van der Waals surface area contributed by atoms with Gasteiger partial charge in [-0.05, 0) is 47.2 Å². The van der Waals surface area contributed by atoms with Crippen molar-refractivity contribution in [2.45, 2.75) is 61.6 Å². The second-order valence-corrected chi connectivity index (χ2v) is 11.6. The monoisotopic (exact) mass is 724 g/mol. The molecule has 2 heterocycles. The maximum absolute atomic E-state index is 15.1. The average molecular weight is 726 g/mol. The van der Waals surface area contributed by atoms with Crippen molar-refractivity contribution < 1.29 is 39.9 Å². The van der Waals surface area contributed by atoms with Crippen LogP contribution >= 0.6 is 46.4 Å². The van der Waals surface area contributed by atoms with Crippen molar-refractivity contribution in [3.63, 3.8) is 0 Å². The maximum Gasteiger partial charge on any atom is 0.424 e. The number of halogens is 12. The fourth-order valence-electron chi connectivity index (χ4n) is 4.54. The minimum Gasteiger partial charge on any atom is -0.263 e. The minimum absolute atomic E-state index is 0.0402. The molecule has 0 amide bonds. The van der Waals surface area contributed by atoms with Gasteiger partial charge >= 0.3 is 24.1 Å². The molecule has 0 unspecified atom stereocenters. The molecule has 0 bridgehead atoms. The fourth-order valence-corrected chi connectivity index (χ4v) is 5.67. The van der Waals surface area contributed by atoms with Gasteiger partial charge in [0.15, 0.2) is 0 Å². The van der Waals surface area contributed by atoms with Crippen molar-refractivity contribution in [3.8, 4) is 0 Å². The van der Waals surface area contributed by atoms with Crippen molar-refractivity contribution >= 4 is 46.4 Å². The summed E-state index contributed by atoms with van der Waals surface area (Å²) in [7, 11) is 0. The number of hydrogen-bond acceptors (Lipinski definition) is 5. The largest absolute Gasteiger partial charge is 0.424 e. The van der Waals surface area contributed by atoms with Gasteiger partial charge in [0.25, 0.3) is 0 Å². The fraction of sp³-hybridized carbons (Fsp3) is 0.385. The molecule has 0 spiro atoms. The zero-order valence-corrected chi connectivity index (χ0v) is 25.4. The summed E-state index contributed by atoms with van der Waals surface area (Å²) < 4.78 is 123. The normalized spacial score (nSPS) is 14.5. The van der Waals surface area contributed by atoms with E-state index in [9.17, 15) is 17.6 Å². The number of alkyl halides is 8. The van der Waals surface area contributed by atoms with Crippen LogP contribution in [0.15, 0.2) is 49.1 Å². The summed E-state index contributed by atoms with van der Waals surface area (Å²) in [5.41, 5.74) is -0.250. The molecule has 0 radical (unpaired) electrons. The van der Waals surface area contributed by atoms with Crippen molar-refractivity contribution in [1.82, 2.24) is 30.4 Å². The van der Waals surface area contributed by atoms with Crippen LogP contribution in [0.25, 0.3) is 0 Å². The number of H-pyrrole nitrogens is 2. The number of aromatic amines is 2. The average Bonchev–Trinajstić information content (AvgIpc) is 3.61. The molecule has 0 fully saturated rings. The summed E-state index contributed by atoms with van der Waals surface area (Å²) >= 11 is 23.9.